The number of ether oxygens (including phenoxy) is 4. The summed E-state index contributed by atoms with van der Waals surface area (Å²) in [6.45, 7) is 10.9. The van der Waals surface area contributed by atoms with Crippen LogP contribution in [0.15, 0.2) is 17.9 Å². The number of carbonyl (C=O) groups excluding carboxylic acids is 1. The maximum atomic E-state index is 12.5. The quantitative estimate of drug-likeness (QED) is 0.248. The van der Waals surface area contributed by atoms with E-state index in [-0.39, 0.29) is 11.5 Å². The van der Waals surface area contributed by atoms with Gasteiger partial charge in [0, 0.05) is 15.4 Å². The highest BCUT2D eigenvalue weighted by Crippen LogP contribution is 2.31. The highest BCUT2D eigenvalue weighted by atomic mass is 28.4. The maximum absolute atomic E-state index is 12.5. The van der Waals surface area contributed by atoms with Crippen molar-refractivity contribution in [2.24, 2.45) is 5.92 Å². The third-order valence-corrected chi connectivity index (χ3v) is 5.73. The second kappa shape index (κ2) is 10.6. The van der Waals surface area contributed by atoms with E-state index in [1.54, 1.807) is 7.11 Å². The van der Waals surface area contributed by atoms with Gasteiger partial charge in [-0.1, -0.05) is 13.8 Å². The minimum atomic E-state index is -1.76. The summed E-state index contributed by atoms with van der Waals surface area (Å²) in [5.41, 5.74) is 0.635. The van der Waals surface area contributed by atoms with Crippen molar-refractivity contribution in [3.8, 4) is 11.5 Å². The Labute approximate surface area is 172 Å². The van der Waals surface area contributed by atoms with Crippen molar-refractivity contribution >= 4 is 35.5 Å². The van der Waals surface area contributed by atoms with Gasteiger partial charge in [-0.15, -0.1) is 0 Å². The van der Waals surface area contributed by atoms with Crippen LogP contribution in [0.25, 0.3) is 5.76 Å². The molecular weight excluding hydrogens is 392 g/mol. The molecule has 1 aromatic carbocycles. The second-order valence-electron chi connectivity index (χ2n) is 7.87. The monoisotopic (exact) mass is 426 g/mol. The minimum Gasteiger partial charge on any atom is -0.544 e. The van der Waals surface area contributed by atoms with Crippen LogP contribution in [-0.2, 0) is 19.0 Å². The van der Waals surface area contributed by atoms with Crippen LogP contribution >= 0.6 is 0 Å². The van der Waals surface area contributed by atoms with Gasteiger partial charge in [-0.05, 0) is 44.1 Å². The van der Waals surface area contributed by atoms with Gasteiger partial charge in [0.05, 0.1) is 33.5 Å². The lowest BCUT2D eigenvalue weighted by molar-refractivity contribution is -0.142. The van der Waals surface area contributed by atoms with Crippen LogP contribution in [-0.4, -0.2) is 52.5 Å². The number of carbonyl (C=O) groups is 1. The molecule has 0 aliphatic carbocycles. The van der Waals surface area contributed by atoms with E-state index in [0.29, 0.717) is 34.1 Å². The maximum Gasteiger partial charge on any atom is 0.377 e. The van der Waals surface area contributed by atoms with Crippen LogP contribution in [0.2, 0.25) is 19.6 Å². The molecule has 0 heterocycles. The van der Waals surface area contributed by atoms with Gasteiger partial charge in [-0.3, -0.25) is 0 Å². The van der Waals surface area contributed by atoms with Crippen molar-refractivity contribution in [2.75, 3.05) is 27.9 Å². The molecule has 0 atom stereocenters. The van der Waals surface area contributed by atoms with E-state index in [1.807, 2.05) is 12.1 Å². The van der Waals surface area contributed by atoms with Crippen LogP contribution in [0.5, 0.6) is 11.5 Å². The van der Waals surface area contributed by atoms with Gasteiger partial charge in [0.15, 0.2) is 5.76 Å². The number of benzene rings is 1. The fraction of sp³-hybridized carbons (Fsp3) is 0.550. The molecule has 0 bridgehead atoms. The molecule has 0 aromatic heterocycles. The lowest BCUT2D eigenvalue weighted by Gasteiger charge is -2.23. The van der Waals surface area contributed by atoms with E-state index >= 15 is 0 Å². The van der Waals surface area contributed by atoms with Gasteiger partial charge < -0.3 is 23.4 Å². The summed E-state index contributed by atoms with van der Waals surface area (Å²) in [5, 5.41) is 0.973. The lowest BCUT2D eigenvalue weighted by Crippen LogP contribution is -2.32. The SMILES string of the molecule is COC(C(=O)OCCC(C)C)=C(OC)c1ccc(O[Si](C)(C)C)c([SiH3])c1OC. The van der Waals surface area contributed by atoms with Crippen LogP contribution < -0.4 is 14.3 Å². The first-order valence-corrected chi connectivity index (χ1v) is 13.8. The Balaban J connectivity index is 3.36. The van der Waals surface area contributed by atoms with Gasteiger partial charge in [0.25, 0.3) is 0 Å². The van der Waals surface area contributed by atoms with E-state index in [1.165, 1.54) is 14.2 Å². The summed E-state index contributed by atoms with van der Waals surface area (Å²) in [6, 6.07) is 3.73. The fourth-order valence-electron chi connectivity index (χ4n) is 2.60. The smallest absolute Gasteiger partial charge is 0.377 e. The molecule has 0 amide bonds. The zero-order chi connectivity index (χ0) is 21.5. The van der Waals surface area contributed by atoms with Gasteiger partial charge in [-0.25, -0.2) is 4.79 Å². The average Bonchev–Trinajstić information content (AvgIpc) is 2.59. The van der Waals surface area contributed by atoms with E-state index in [4.69, 9.17) is 23.4 Å². The van der Waals surface area contributed by atoms with Crippen molar-refractivity contribution in [1.29, 1.82) is 0 Å². The first-order valence-electron chi connectivity index (χ1n) is 9.42. The first kappa shape index (κ1) is 24.1. The largest absolute Gasteiger partial charge is 0.544 e. The molecule has 0 saturated heterocycles. The molecule has 1 aromatic rings. The number of esters is 1. The normalized spacial score (nSPS) is 12.5. The number of rotatable bonds is 10. The predicted molar refractivity (Wildman–Crippen MR) is 118 cm³/mol. The molecule has 0 saturated carbocycles. The van der Waals surface area contributed by atoms with Crippen molar-refractivity contribution < 1.29 is 28.2 Å². The zero-order valence-electron chi connectivity index (χ0n) is 18.6. The zero-order valence-corrected chi connectivity index (χ0v) is 21.6. The van der Waals surface area contributed by atoms with Crippen LogP contribution in [0.4, 0.5) is 0 Å². The summed E-state index contributed by atoms with van der Waals surface area (Å²) < 4.78 is 28.0. The first-order chi connectivity index (χ1) is 13.1. The third kappa shape index (κ3) is 6.59. The van der Waals surface area contributed by atoms with E-state index in [9.17, 15) is 4.79 Å². The molecule has 8 heteroatoms. The van der Waals surface area contributed by atoms with Crippen LogP contribution in [0, 0.1) is 5.92 Å². The second-order valence-corrected chi connectivity index (χ2v) is 13.3. The molecule has 0 fully saturated rings. The number of hydrogen-bond donors (Lipinski definition) is 0. The van der Waals surface area contributed by atoms with Crippen LogP contribution in [0.1, 0.15) is 25.8 Å². The average molecular weight is 427 g/mol. The number of hydrogen-bond acceptors (Lipinski definition) is 6. The van der Waals surface area contributed by atoms with Crippen molar-refractivity contribution in [1.82, 2.24) is 0 Å². The van der Waals surface area contributed by atoms with Crippen LogP contribution in [0.3, 0.4) is 0 Å². The molecule has 0 unspecified atom stereocenters. The van der Waals surface area contributed by atoms with E-state index in [0.717, 1.165) is 17.4 Å². The minimum absolute atomic E-state index is 0.0180. The molecule has 0 radical (unpaired) electrons. The summed E-state index contributed by atoms with van der Waals surface area (Å²) in [5.74, 6) is 1.63. The molecule has 28 heavy (non-hydrogen) atoms. The highest BCUT2D eigenvalue weighted by Gasteiger charge is 2.26. The Morgan fingerprint density at radius 3 is 2.21 bits per heavy atom. The van der Waals surface area contributed by atoms with E-state index < -0.39 is 14.3 Å². The Morgan fingerprint density at radius 2 is 1.75 bits per heavy atom. The summed E-state index contributed by atoms with van der Waals surface area (Å²) >= 11 is 0. The van der Waals surface area contributed by atoms with Gasteiger partial charge >= 0.3 is 5.97 Å². The van der Waals surface area contributed by atoms with Crippen molar-refractivity contribution in [3.63, 3.8) is 0 Å². The van der Waals surface area contributed by atoms with Gasteiger partial charge in [0.1, 0.15) is 11.5 Å². The van der Waals surface area contributed by atoms with E-state index in [2.05, 4.69) is 33.5 Å². The molecule has 0 aliphatic heterocycles. The predicted octanol–water partition coefficient (Wildman–Crippen LogP) is 2.45. The van der Waals surface area contributed by atoms with Gasteiger partial charge in [-0.2, -0.15) is 0 Å². The van der Waals surface area contributed by atoms with Crippen molar-refractivity contribution in [3.05, 3.63) is 23.5 Å². The summed E-state index contributed by atoms with van der Waals surface area (Å²) in [4.78, 5) is 12.5. The molecule has 0 aliphatic rings. The highest BCUT2D eigenvalue weighted by molar-refractivity contribution is 6.70. The molecular formula is C20H34O6Si2. The summed E-state index contributed by atoms with van der Waals surface area (Å²) in [7, 11) is 3.46. The molecule has 158 valence electrons. The Morgan fingerprint density at radius 1 is 1.11 bits per heavy atom. The molecule has 6 nitrogen and oxygen atoms in total. The van der Waals surface area contributed by atoms with Gasteiger partial charge in [0.2, 0.25) is 14.1 Å². The number of methoxy groups -OCH3 is 3. The Kier molecular flexibility index (Phi) is 9.09. The standard InChI is InChI=1S/C20H34O6Si2/c1-13(2)11-12-25-20(21)18(24-5)16(22-3)14-9-10-15(26-28(6,7)8)19(27)17(14)23-4/h9-10,13H,11-12H2,1-8,27H3. The topological polar surface area (TPSA) is 63.2 Å². The molecule has 1 rings (SSSR count). The Bertz CT molecular complexity index is 707. The summed E-state index contributed by atoms with van der Waals surface area (Å²) in [6.07, 6.45) is 0.780. The van der Waals surface area contributed by atoms with Crippen molar-refractivity contribution in [2.45, 2.75) is 39.9 Å². The molecule has 0 spiro atoms. The third-order valence-electron chi connectivity index (χ3n) is 3.95. The lowest BCUT2D eigenvalue weighted by atomic mass is 10.1. The fourth-order valence-corrected chi connectivity index (χ4v) is 4.43. The Hall–Kier alpha value is -1.94. The molecule has 0 N–H and O–H groups in total.